The van der Waals surface area contributed by atoms with Crippen molar-refractivity contribution in [3.8, 4) is 0 Å². The molecule has 3 heteroatoms. The van der Waals surface area contributed by atoms with Crippen molar-refractivity contribution in [2.24, 2.45) is 0 Å². The van der Waals surface area contributed by atoms with Crippen LogP contribution in [0.4, 0.5) is 4.39 Å². The summed E-state index contributed by atoms with van der Waals surface area (Å²) in [5, 5.41) is 3.49. The molecule has 0 bridgehead atoms. The van der Waals surface area contributed by atoms with Crippen LogP contribution < -0.4 is 5.32 Å². The van der Waals surface area contributed by atoms with E-state index in [1.54, 1.807) is 6.07 Å². The average Bonchev–Trinajstić information content (AvgIpc) is 2.41. The van der Waals surface area contributed by atoms with Crippen molar-refractivity contribution in [1.29, 1.82) is 0 Å². The first-order valence-electron chi connectivity index (χ1n) is 7.31. The zero-order valence-corrected chi connectivity index (χ0v) is 12.8. The summed E-state index contributed by atoms with van der Waals surface area (Å²) in [6, 6.07) is 5.27. The molecule has 1 unspecified atom stereocenters. The van der Waals surface area contributed by atoms with E-state index in [4.69, 9.17) is 11.6 Å². The van der Waals surface area contributed by atoms with E-state index < -0.39 is 0 Å². The Labute approximate surface area is 121 Å². The van der Waals surface area contributed by atoms with Crippen LogP contribution in [0.1, 0.15) is 63.5 Å². The minimum atomic E-state index is -0.347. The molecule has 0 spiro atoms. The summed E-state index contributed by atoms with van der Waals surface area (Å²) in [6.07, 6.45) is 8.82. The van der Waals surface area contributed by atoms with Crippen molar-refractivity contribution < 1.29 is 4.39 Å². The molecule has 0 fully saturated rings. The molecule has 1 N–H and O–H groups in total. The average molecular weight is 286 g/mol. The molecular weight excluding hydrogens is 261 g/mol. The number of unbranched alkanes of at least 4 members (excludes halogenated alkanes) is 5. The summed E-state index contributed by atoms with van der Waals surface area (Å²) in [6.45, 7) is 2.23. The monoisotopic (exact) mass is 285 g/mol. The molecule has 1 aromatic carbocycles. The molecule has 108 valence electrons. The van der Waals surface area contributed by atoms with Crippen molar-refractivity contribution in [2.75, 3.05) is 7.05 Å². The predicted molar refractivity (Wildman–Crippen MR) is 81.2 cm³/mol. The molecule has 1 rings (SSSR count). The molecule has 0 radical (unpaired) electrons. The maximum Gasteiger partial charge on any atom is 0.141 e. The molecule has 0 aliphatic rings. The first-order chi connectivity index (χ1) is 9.19. The Hall–Kier alpha value is -0.600. The number of hydrogen-bond acceptors (Lipinski definition) is 1. The fraction of sp³-hybridized carbons (Fsp3) is 0.625. The summed E-state index contributed by atoms with van der Waals surface area (Å²) in [7, 11) is 1.94. The second-order valence-corrected chi connectivity index (χ2v) is 5.48. The highest BCUT2D eigenvalue weighted by molar-refractivity contribution is 6.30. The molecule has 1 atom stereocenters. The Bertz CT molecular complexity index is 368. The molecule has 0 saturated heterocycles. The highest BCUT2D eigenvalue weighted by Gasteiger charge is 2.10. The molecule has 0 saturated carbocycles. The van der Waals surface area contributed by atoms with Crippen molar-refractivity contribution in [3.63, 3.8) is 0 Å². The minimum Gasteiger partial charge on any atom is -0.313 e. The number of rotatable bonds is 9. The molecule has 0 aromatic heterocycles. The van der Waals surface area contributed by atoms with Crippen molar-refractivity contribution >= 4 is 11.6 Å². The minimum absolute atomic E-state index is 0.209. The summed E-state index contributed by atoms with van der Waals surface area (Å²) in [4.78, 5) is 0. The maximum atomic E-state index is 13.1. The lowest BCUT2D eigenvalue weighted by Crippen LogP contribution is -2.16. The van der Waals surface area contributed by atoms with Gasteiger partial charge in [-0.25, -0.2) is 4.39 Å². The first-order valence-corrected chi connectivity index (χ1v) is 7.69. The van der Waals surface area contributed by atoms with Gasteiger partial charge in [0.15, 0.2) is 0 Å². The largest absolute Gasteiger partial charge is 0.313 e. The molecule has 1 aromatic rings. The van der Waals surface area contributed by atoms with E-state index in [0.717, 1.165) is 12.0 Å². The van der Waals surface area contributed by atoms with Crippen LogP contribution >= 0.6 is 11.6 Å². The van der Waals surface area contributed by atoms with Crippen LogP contribution in [0.3, 0.4) is 0 Å². The number of halogens is 2. The lowest BCUT2D eigenvalue weighted by atomic mass is 9.99. The van der Waals surface area contributed by atoms with Gasteiger partial charge in [0, 0.05) is 6.04 Å². The van der Waals surface area contributed by atoms with Gasteiger partial charge in [-0.1, -0.05) is 63.1 Å². The first kappa shape index (κ1) is 16.5. The van der Waals surface area contributed by atoms with Crippen molar-refractivity contribution in [3.05, 3.63) is 34.6 Å². The van der Waals surface area contributed by atoms with Crippen LogP contribution in [0, 0.1) is 5.82 Å². The second-order valence-electron chi connectivity index (χ2n) is 5.07. The molecule has 0 heterocycles. The van der Waals surface area contributed by atoms with Gasteiger partial charge in [0.05, 0.1) is 5.02 Å². The lowest BCUT2D eigenvalue weighted by molar-refractivity contribution is 0.497. The van der Waals surface area contributed by atoms with E-state index in [0.29, 0.717) is 0 Å². The van der Waals surface area contributed by atoms with Gasteiger partial charge < -0.3 is 5.32 Å². The van der Waals surface area contributed by atoms with E-state index in [-0.39, 0.29) is 16.9 Å². The summed E-state index contributed by atoms with van der Waals surface area (Å²) in [5.41, 5.74) is 1.07. The van der Waals surface area contributed by atoms with Crippen LogP contribution in [0.2, 0.25) is 5.02 Å². The van der Waals surface area contributed by atoms with Crippen LogP contribution in [-0.4, -0.2) is 7.05 Å². The van der Waals surface area contributed by atoms with Crippen LogP contribution in [0.25, 0.3) is 0 Å². The van der Waals surface area contributed by atoms with Crippen LogP contribution in [0.15, 0.2) is 18.2 Å². The third-order valence-electron chi connectivity index (χ3n) is 3.54. The SMILES string of the molecule is CCCCCCCCC(NC)c1ccc(F)c(Cl)c1. The maximum absolute atomic E-state index is 13.1. The Morgan fingerprint density at radius 1 is 1.16 bits per heavy atom. The molecular formula is C16H25ClFN. The topological polar surface area (TPSA) is 12.0 Å². The van der Waals surface area contributed by atoms with Gasteiger partial charge >= 0.3 is 0 Å². The molecule has 1 nitrogen and oxygen atoms in total. The van der Waals surface area contributed by atoms with Gasteiger partial charge in [0.25, 0.3) is 0 Å². The summed E-state index contributed by atoms with van der Waals surface area (Å²) < 4.78 is 13.1. The normalized spacial score (nSPS) is 12.6. The molecule has 0 aliphatic heterocycles. The van der Waals surface area contributed by atoms with Crippen molar-refractivity contribution in [1.82, 2.24) is 5.32 Å². The van der Waals surface area contributed by atoms with Gasteiger partial charge in [-0.15, -0.1) is 0 Å². The fourth-order valence-corrected chi connectivity index (χ4v) is 2.52. The predicted octanol–water partition coefficient (Wildman–Crippen LogP) is 5.49. The molecule has 19 heavy (non-hydrogen) atoms. The third-order valence-corrected chi connectivity index (χ3v) is 3.83. The van der Waals surface area contributed by atoms with Crippen molar-refractivity contribution in [2.45, 2.75) is 57.9 Å². The summed E-state index contributed by atoms with van der Waals surface area (Å²) >= 11 is 5.83. The number of benzene rings is 1. The van der Waals surface area contributed by atoms with Gasteiger partial charge in [0.2, 0.25) is 0 Å². The third kappa shape index (κ3) is 5.92. The number of hydrogen-bond donors (Lipinski definition) is 1. The van der Waals surface area contributed by atoms with E-state index in [9.17, 15) is 4.39 Å². The Balaban J connectivity index is 2.38. The van der Waals surface area contributed by atoms with E-state index in [2.05, 4.69) is 12.2 Å². The Morgan fingerprint density at radius 3 is 2.47 bits per heavy atom. The second kappa shape index (κ2) is 9.33. The van der Waals surface area contributed by atoms with E-state index in [1.807, 2.05) is 13.1 Å². The zero-order valence-electron chi connectivity index (χ0n) is 12.0. The molecule has 0 amide bonds. The highest BCUT2D eigenvalue weighted by atomic mass is 35.5. The fourth-order valence-electron chi connectivity index (χ4n) is 2.34. The highest BCUT2D eigenvalue weighted by Crippen LogP contribution is 2.24. The summed E-state index contributed by atoms with van der Waals surface area (Å²) in [5.74, 6) is -0.347. The van der Waals surface area contributed by atoms with Gasteiger partial charge in [-0.3, -0.25) is 0 Å². The van der Waals surface area contributed by atoms with Crippen LogP contribution in [-0.2, 0) is 0 Å². The van der Waals surface area contributed by atoms with Gasteiger partial charge in [0.1, 0.15) is 5.82 Å². The quantitative estimate of drug-likeness (QED) is 0.592. The lowest BCUT2D eigenvalue weighted by Gasteiger charge is -2.17. The zero-order chi connectivity index (χ0) is 14.1. The Morgan fingerprint density at radius 2 is 1.84 bits per heavy atom. The smallest absolute Gasteiger partial charge is 0.141 e. The Kier molecular flexibility index (Phi) is 8.08. The number of nitrogens with one attached hydrogen (secondary N) is 1. The standard InChI is InChI=1S/C16H25ClFN/c1-3-4-5-6-7-8-9-16(19-2)13-10-11-15(18)14(17)12-13/h10-12,16,19H,3-9H2,1-2H3. The molecule has 0 aliphatic carbocycles. The van der Waals surface area contributed by atoms with Crippen LogP contribution in [0.5, 0.6) is 0 Å². The van der Waals surface area contributed by atoms with Gasteiger partial charge in [-0.05, 0) is 31.2 Å². The van der Waals surface area contributed by atoms with Gasteiger partial charge in [-0.2, -0.15) is 0 Å². The van der Waals surface area contributed by atoms with E-state index in [1.165, 1.54) is 44.6 Å². The van der Waals surface area contributed by atoms with E-state index >= 15 is 0 Å².